The molecule has 2 aromatic carbocycles. The molecule has 0 radical (unpaired) electrons. The Kier molecular flexibility index (Phi) is 8.51. The summed E-state index contributed by atoms with van der Waals surface area (Å²) in [6.07, 6.45) is -1.94. The summed E-state index contributed by atoms with van der Waals surface area (Å²) in [6, 6.07) is 9.72. The molecule has 35 heavy (non-hydrogen) atoms. The molecule has 1 aromatic heterocycles. The van der Waals surface area contributed by atoms with Crippen molar-refractivity contribution in [3.05, 3.63) is 82.2 Å². The van der Waals surface area contributed by atoms with Gasteiger partial charge in [-0.1, -0.05) is 17.3 Å². The van der Waals surface area contributed by atoms with Crippen molar-refractivity contribution in [1.29, 1.82) is 0 Å². The third-order valence-corrected chi connectivity index (χ3v) is 5.10. The number of rotatable bonds is 10. The Morgan fingerprint density at radius 2 is 1.94 bits per heavy atom. The van der Waals surface area contributed by atoms with Crippen LogP contribution in [0.25, 0.3) is 0 Å². The van der Waals surface area contributed by atoms with Gasteiger partial charge in [0.1, 0.15) is 12.0 Å². The molecule has 0 bridgehead atoms. The fourth-order valence-electron chi connectivity index (χ4n) is 3.34. The van der Waals surface area contributed by atoms with Gasteiger partial charge in [0.05, 0.1) is 18.8 Å². The molecule has 0 aliphatic rings. The molecule has 10 heteroatoms. The number of benzene rings is 2. The Labute approximate surface area is 200 Å². The van der Waals surface area contributed by atoms with Crippen molar-refractivity contribution in [2.45, 2.75) is 39.4 Å². The molecule has 1 N–H and O–H groups in total. The maximum Gasteiger partial charge on any atom is 0.416 e. The van der Waals surface area contributed by atoms with Crippen LogP contribution in [0.3, 0.4) is 0 Å². The fourth-order valence-corrected chi connectivity index (χ4v) is 3.34. The van der Waals surface area contributed by atoms with Crippen LogP contribution in [0.2, 0.25) is 0 Å². The fraction of sp³-hybridized carbons (Fsp3) is 0.320. The number of hydrogen-bond acceptors (Lipinski definition) is 6. The SMILES string of the molecule is CCOC(=O)c1nocc1CCCOc1ccc(C(=O)NCc2cccc(C(F)(F)F)c2)cc1C. The van der Waals surface area contributed by atoms with E-state index in [0.29, 0.717) is 41.9 Å². The summed E-state index contributed by atoms with van der Waals surface area (Å²) in [7, 11) is 0. The third-order valence-electron chi connectivity index (χ3n) is 5.10. The Morgan fingerprint density at radius 1 is 1.14 bits per heavy atom. The maximum atomic E-state index is 12.8. The van der Waals surface area contributed by atoms with E-state index >= 15 is 0 Å². The van der Waals surface area contributed by atoms with E-state index in [1.807, 2.05) is 0 Å². The Morgan fingerprint density at radius 3 is 2.66 bits per heavy atom. The van der Waals surface area contributed by atoms with Crippen LogP contribution in [0.15, 0.2) is 53.3 Å². The number of nitrogens with zero attached hydrogens (tertiary/aromatic N) is 1. The molecule has 1 amide bonds. The number of alkyl halides is 3. The first-order valence-corrected chi connectivity index (χ1v) is 11.0. The van der Waals surface area contributed by atoms with Crippen LogP contribution in [0, 0.1) is 6.92 Å². The summed E-state index contributed by atoms with van der Waals surface area (Å²) in [5, 5.41) is 6.32. The van der Waals surface area contributed by atoms with Crippen molar-refractivity contribution in [3.63, 3.8) is 0 Å². The minimum atomic E-state index is -4.44. The standard InChI is InChI=1S/C25H25F3N2O5/c1-3-33-24(32)22-19(15-35-30-22)7-5-11-34-21-10-9-18(12-16(21)2)23(31)29-14-17-6-4-8-20(13-17)25(26,27)28/h4,6,8-10,12-13,15H,3,5,7,11,14H2,1-2H3,(H,29,31). The molecule has 0 saturated heterocycles. The van der Waals surface area contributed by atoms with E-state index in [9.17, 15) is 22.8 Å². The summed E-state index contributed by atoms with van der Waals surface area (Å²) in [4.78, 5) is 24.3. The van der Waals surface area contributed by atoms with Gasteiger partial charge < -0.3 is 19.3 Å². The van der Waals surface area contributed by atoms with Gasteiger partial charge in [0.15, 0.2) is 5.69 Å². The predicted molar refractivity (Wildman–Crippen MR) is 120 cm³/mol. The monoisotopic (exact) mass is 490 g/mol. The number of carbonyl (C=O) groups is 2. The molecule has 0 unspecified atom stereocenters. The van der Waals surface area contributed by atoms with Gasteiger partial charge in [-0.05, 0) is 68.1 Å². The van der Waals surface area contributed by atoms with E-state index in [0.717, 1.165) is 17.7 Å². The minimum absolute atomic E-state index is 0.0310. The first-order valence-electron chi connectivity index (χ1n) is 11.0. The van der Waals surface area contributed by atoms with Crippen molar-refractivity contribution in [2.24, 2.45) is 0 Å². The maximum absolute atomic E-state index is 12.8. The van der Waals surface area contributed by atoms with Crippen LogP contribution in [0.5, 0.6) is 5.75 Å². The van der Waals surface area contributed by atoms with Crippen molar-refractivity contribution in [2.75, 3.05) is 13.2 Å². The second kappa shape index (κ2) is 11.5. The highest BCUT2D eigenvalue weighted by Gasteiger charge is 2.30. The number of aryl methyl sites for hydroxylation is 2. The van der Waals surface area contributed by atoms with Crippen LogP contribution in [0.4, 0.5) is 13.2 Å². The predicted octanol–water partition coefficient (Wildman–Crippen LogP) is 5.12. The zero-order chi connectivity index (χ0) is 25.4. The zero-order valence-corrected chi connectivity index (χ0v) is 19.3. The molecular weight excluding hydrogens is 465 g/mol. The molecular formula is C25H25F3N2O5. The van der Waals surface area contributed by atoms with Crippen LogP contribution < -0.4 is 10.1 Å². The Bertz CT molecular complexity index is 1170. The van der Waals surface area contributed by atoms with E-state index in [1.54, 1.807) is 32.0 Å². The Balaban J connectivity index is 1.50. The van der Waals surface area contributed by atoms with Crippen LogP contribution in [-0.2, 0) is 23.9 Å². The van der Waals surface area contributed by atoms with Crippen molar-refractivity contribution < 1.29 is 36.8 Å². The van der Waals surface area contributed by atoms with E-state index in [2.05, 4.69) is 10.5 Å². The largest absolute Gasteiger partial charge is 0.493 e. The van der Waals surface area contributed by atoms with Gasteiger partial charge in [-0.2, -0.15) is 13.2 Å². The van der Waals surface area contributed by atoms with Gasteiger partial charge in [0.25, 0.3) is 5.91 Å². The molecule has 0 fully saturated rings. The first kappa shape index (κ1) is 25.8. The lowest BCUT2D eigenvalue weighted by Crippen LogP contribution is -2.23. The third kappa shape index (κ3) is 7.08. The number of esters is 1. The van der Waals surface area contributed by atoms with Crippen molar-refractivity contribution in [1.82, 2.24) is 10.5 Å². The van der Waals surface area contributed by atoms with Crippen molar-refractivity contribution >= 4 is 11.9 Å². The smallest absolute Gasteiger partial charge is 0.416 e. The van der Waals surface area contributed by atoms with Gasteiger partial charge in [-0.3, -0.25) is 4.79 Å². The summed E-state index contributed by atoms with van der Waals surface area (Å²) in [6.45, 7) is 4.07. The molecule has 7 nitrogen and oxygen atoms in total. The molecule has 0 saturated carbocycles. The summed E-state index contributed by atoms with van der Waals surface area (Å²) in [5.74, 6) is -0.346. The molecule has 0 aliphatic heterocycles. The summed E-state index contributed by atoms with van der Waals surface area (Å²) < 4.78 is 54.1. The minimum Gasteiger partial charge on any atom is -0.493 e. The lowest BCUT2D eigenvalue weighted by atomic mass is 10.1. The van der Waals surface area contributed by atoms with Crippen LogP contribution >= 0.6 is 0 Å². The zero-order valence-electron chi connectivity index (χ0n) is 19.3. The van der Waals surface area contributed by atoms with E-state index < -0.39 is 23.6 Å². The Hall–Kier alpha value is -3.82. The van der Waals surface area contributed by atoms with E-state index in [4.69, 9.17) is 14.0 Å². The number of amides is 1. The lowest BCUT2D eigenvalue weighted by Gasteiger charge is -2.12. The average molecular weight is 490 g/mol. The normalized spacial score (nSPS) is 11.2. The van der Waals surface area contributed by atoms with E-state index in [1.165, 1.54) is 18.4 Å². The molecule has 0 spiro atoms. The first-order chi connectivity index (χ1) is 16.7. The van der Waals surface area contributed by atoms with Gasteiger partial charge in [0.2, 0.25) is 0 Å². The van der Waals surface area contributed by atoms with Crippen LogP contribution in [0.1, 0.15) is 56.4 Å². The molecule has 1 heterocycles. The number of halogens is 3. The molecule has 186 valence electrons. The van der Waals surface area contributed by atoms with Gasteiger partial charge in [0, 0.05) is 17.7 Å². The molecule has 0 aliphatic carbocycles. The summed E-state index contributed by atoms with van der Waals surface area (Å²) >= 11 is 0. The highest BCUT2D eigenvalue weighted by atomic mass is 19.4. The van der Waals surface area contributed by atoms with Gasteiger partial charge >= 0.3 is 12.1 Å². The molecule has 3 rings (SSSR count). The van der Waals surface area contributed by atoms with Gasteiger partial charge in [-0.15, -0.1) is 0 Å². The number of hydrogen-bond donors (Lipinski definition) is 1. The highest BCUT2D eigenvalue weighted by molar-refractivity contribution is 5.94. The van der Waals surface area contributed by atoms with E-state index in [-0.39, 0.29) is 18.8 Å². The second-order valence-electron chi connectivity index (χ2n) is 7.72. The quantitative estimate of drug-likeness (QED) is 0.313. The number of carbonyl (C=O) groups excluding carboxylic acids is 2. The number of nitrogens with one attached hydrogen (secondary N) is 1. The number of ether oxygens (including phenoxy) is 2. The summed E-state index contributed by atoms with van der Waals surface area (Å²) in [5.41, 5.74) is 1.48. The number of aromatic nitrogens is 1. The second-order valence-corrected chi connectivity index (χ2v) is 7.72. The topological polar surface area (TPSA) is 90.7 Å². The molecule has 3 aromatic rings. The van der Waals surface area contributed by atoms with Gasteiger partial charge in [-0.25, -0.2) is 4.79 Å². The van der Waals surface area contributed by atoms with Crippen molar-refractivity contribution in [3.8, 4) is 5.75 Å². The van der Waals surface area contributed by atoms with Crippen LogP contribution in [-0.4, -0.2) is 30.2 Å². The average Bonchev–Trinajstić information content (AvgIpc) is 3.29. The highest BCUT2D eigenvalue weighted by Crippen LogP contribution is 2.29. The lowest BCUT2D eigenvalue weighted by molar-refractivity contribution is -0.137. The molecule has 0 atom stereocenters.